The number of benzene rings is 2. The van der Waals surface area contributed by atoms with E-state index in [-0.39, 0.29) is 11.4 Å². The maximum absolute atomic E-state index is 13.3. The second kappa shape index (κ2) is 7.88. The molecule has 5 heteroatoms. The monoisotopic (exact) mass is 418 g/mol. The van der Waals surface area contributed by atoms with Crippen LogP contribution in [0.1, 0.15) is 50.8 Å². The lowest BCUT2D eigenvalue weighted by atomic mass is 9.81. The SMILES string of the molecule is Cc1ccccc1C1C(C(=O)C(C)(C)C)=C(O)C(=O)N1c1ccc(N2CCCC2)cc1. The molecule has 1 amide bonds. The van der Waals surface area contributed by atoms with E-state index in [2.05, 4.69) is 4.90 Å². The van der Waals surface area contributed by atoms with Crippen LogP contribution in [0.2, 0.25) is 0 Å². The molecular weight excluding hydrogens is 388 g/mol. The normalized spacial score (nSPS) is 19.5. The topological polar surface area (TPSA) is 60.9 Å². The first-order valence-electron chi connectivity index (χ1n) is 10.9. The van der Waals surface area contributed by atoms with Gasteiger partial charge in [0.15, 0.2) is 11.5 Å². The van der Waals surface area contributed by atoms with Gasteiger partial charge < -0.3 is 10.0 Å². The van der Waals surface area contributed by atoms with Crippen LogP contribution in [0.15, 0.2) is 59.9 Å². The summed E-state index contributed by atoms with van der Waals surface area (Å²) in [6, 6.07) is 14.9. The highest BCUT2D eigenvalue weighted by molar-refractivity contribution is 6.17. The third-order valence-corrected chi connectivity index (χ3v) is 6.22. The summed E-state index contributed by atoms with van der Waals surface area (Å²) in [4.78, 5) is 30.5. The van der Waals surface area contributed by atoms with Crippen LogP contribution in [-0.4, -0.2) is 29.9 Å². The molecule has 0 bridgehead atoms. The second-order valence-electron chi connectivity index (χ2n) is 9.49. The van der Waals surface area contributed by atoms with Gasteiger partial charge in [0.25, 0.3) is 5.91 Å². The number of carbonyl (C=O) groups is 2. The number of rotatable bonds is 4. The Balaban J connectivity index is 1.80. The highest BCUT2D eigenvalue weighted by Crippen LogP contribution is 2.44. The fourth-order valence-electron chi connectivity index (χ4n) is 4.49. The molecule has 0 radical (unpaired) electrons. The molecule has 162 valence electrons. The van der Waals surface area contributed by atoms with Gasteiger partial charge in [0.1, 0.15) is 0 Å². The van der Waals surface area contributed by atoms with Crippen molar-refractivity contribution in [3.8, 4) is 0 Å². The number of aliphatic hydroxyl groups is 1. The predicted molar refractivity (Wildman–Crippen MR) is 123 cm³/mol. The van der Waals surface area contributed by atoms with Crippen LogP contribution in [0.25, 0.3) is 0 Å². The molecule has 1 saturated heterocycles. The first-order valence-corrected chi connectivity index (χ1v) is 10.9. The van der Waals surface area contributed by atoms with E-state index in [9.17, 15) is 14.7 Å². The summed E-state index contributed by atoms with van der Waals surface area (Å²) >= 11 is 0. The zero-order chi connectivity index (χ0) is 22.3. The Morgan fingerprint density at radius 2 is 1.55 bits per heavy atom. The van der Waals surface area contributed by atoms with E-state index in [1.54, 1.807) is 4.90 Å². The Kier molecular flexibility index (Phi) is 5.38. The highest BCUT2D eigenvalue weighted by Gasteiger charge is 2.47. The number of aliphatic hydroxyl groups excluding tert-OH is 1. The van der Waals surface area contributed by atoms with E-state index in [1.807, 2.05) is 76.2 Å². The molecule has 2 heterocycles. The molecule has 2 aromatic rings. The molecule has 1 fully saturated rings. The first kappa shape index (κ1) is 21.2. The Labute approximate surface area is 184 Å². The van der Waals surface area contributed by atoms with Crippen molar-refractivity contribution in [2.45, 2.75) is 46.6 Å². The molecular formula is C26H30N2O3. The van der Waals surface area contributed by atoms with Crippen LogP contribution in [0, 0.1) is 12.3 Å². The number of hydrogen-bond acceptors (Lipinski definition) is 4. The van der Waals surface area contributed by atoms with Gasteiger partial charge in [-0.1, -0.05) is 45.0 Å². The molecule has 2 aromatic carbocycles. The van der Waals surface area contributed by atoms with E-state index >= 15 is 0 Å². The van der Waals surface area contributed by atoms with E-state index in [4.69, 9.17) is 0 Å². The van der Waals surface area contributed by atoms with Crippen molar-refractivity contribution in [2.75, 3.05) is 22.9 Å². The van der Waals surface area contributed by atoms with E-state index in [1.165, 1.54) is 12.8 Å². The third kappa shape index (κ3) is 3.73. The molecule has 0 aromatic heterocycles. The fourth-order valence-corrected chi connectivity index (χ4v) is 4.49. The molecule has 0 aliphatic carbocycles. The molecule has 0 saturated carbocycles. The molecule has 4 rings (SSSR count). The molecule has 2 aliphatic heterocycles. The maximum Gasteiger partial charge on any atom is 0.294 e. The van der Waals surface area contributed by atoms with Crippen molar-refractivity contribution < 1.29 is 14.7 Å². The van der Waals surface area contributed by atoms with Gasteiger partial charge >= 0.3 is 0 Å². The standard InChI is InChI=1S/C26H30N2O3/c1-17-9-5-6-10-20(17)22-21(24(30)26(2,3)4)23(29)25(31)28(22)19-13-11-18(12-14-19)27-15-7-8-16-27/h5-6,9-14,22,29H,7-8,15-16H2,1-4H3. The van der Waals surface area contributed by atoms with Gasteiger partial charge in [0.2, 0.25) is 0 Å². The highest BCUT2D eigenvalue weighted by atomic mass is 16.3. The maximum atomic E-state index is 13.3. The minimum absolute atomic E-state index is 0.176. The molecule has 1 atom stereocenters. The summed E-state index contributed by atoms with van der Waals surface area (Å²) in [6.45, 7) is 9.47. The van der Waals surface area contributed by atoms with Crippen LogP contribution in [0.3, 0.4) is 0 Å². The van der Waals surface area contributed by atoms with Crippen LogP contribution in [0.4, 0.5) is 11.4 Å². The molecule has 2 aliphatic rings. The Morgan fingerprint density at radius 3 is 2.13 bits per heavy atom. The van der Waals surface area contributed by atoms with Gasteiger partial charge in [-0.2, -0.15) is 0 Å². The van der Waals surface area contributed by atoms with Gasteiger partial charge in [-0.05, 0) is 55.2 Å². The molecule has 0 spiro atoms. The summed E-state index contributed by atoms with van der Waals surface area (Å²) in [7, 11) is 0. The first-order chi connectivity index (χ1) is 14.7. The number of ketones is 1. The molecule has 5 nitrogen and oxygen atoms in total. The van der Waals surface area contributed by atoms with Gasteiger partial charge in [-0.25, -0.2) is 0 Å². The lowest BCUT2D eigenvalue weighted by Gasteiger charge is -2.30. The summed E-state index contributed by atoms with van der Waals surface area (Å²) in [5.41, 5.74) is 3.06. The van der Waals surface area contributed by atoms with Crippen molar-refractivity contribution in [3.05, 3.63) is 71.0 Å². The number of carbonyl (C=O) groups excluding carboxylic acids is 2. The van der Waals surface area contributed by atoms with Crippen LogP contribution >= 0.6 is 0 Å². The quantitative estimate of drug-likeness (QED) is 0.749. The Hall–Kier alpha value is -3.08. The van der Waals surface area contributed by atoms with Crippen molar-refractivity contribution in [1.82, 2.24) is 0 Å². The van der Waals surface area contributed by atoms with Crippen LogP contribution in [0.5, 0.6) is 0 Å². The second-order valence-corrected chi connectivity index (χ2v) is 9.49. The fraction of sp³-hybridized carbons (Fsp3) is 0.385. The van der Waals surface area contributed by atoms with Crippen molar-refractivity contribution in [2.24, 2.45) is 5.41 Å². The molecule has 1 unspecified atom stereocenters. The lowest BCUT2D eigenvalue weighted by Crippen LogP contribution is -2.33. The average molecular weight is 419 g/mol. The summed E-state index contributed by atoms with van der Waals surface area (Å²) in [6.07, 6.45) is 2.38. The summed E-state index contributed by atoms with van der Waals surface area (Å²) in [5, 5.41) is 10.8. The minimum Gasteiger partial charge on any atom is -0.503 e. The number of aryl methyl sites for hydroxylation is 1. The predicted octanol–water partition coefficient (Wildman–Crippen LogP) is 5.11. The van der Waals surface area contributed by atoms with Crippen molar-refractivity contribution in [1.29, 1.82) is 0 Å². The van der Waals surface area contributed by atoms with Crippen LogP contribution < -0.4 is 9.80 Å². The lowest BCUT2D eigenvalue weighted by molar-refractivity contribution is -0.123. The average Bonchev–Trinajstić information content (AvgIpc) is 3.35. The third-order valence-electron chi connectivity index (χ3n) is 6.22. The van der Waals surface area contributed by atoms with Gasteiger partial charge in [0, 0.05) is 29.9 Å². The minimum atomic E-state index is -0.722. The van der Waals surface area contributed by atoms with E-state index < -0.39 is 23.1 Å². The van der Waals surface area contributed by atoms with Gasteiger partial charge in [-0.3, -0.25) is 14.5 Å². The van der Waals surface area contributed by atoms with Gasteiger partial charge in [-0.15, -0.1) is 0 Å². The van der Waals surface area contributed by atoms with Crippen LogP contribution in [-0.2, 0) is 9.59 Å². The number of Topliss-reactive ketones (excluding diaryl/α,β-unsaturated/α-hetero) is 1. The zero-order valence-corrected chi connectivity index (χ0v) is 18.7. The number of nitrogens with zero attached hydrogens (tertiary/aromatic N) is 2. The van der Waals surface area contributed by atoms with Crippen molar-refractivity contribution >= 4 is 23.1 Å². The largest absolute Gasteiger partial charge is 0.503 e. The summed E-state index contributed by atoms with van der Waals surface area (Å²) in [5.74, 6) is -1.20. The Morgan fingerprint density at radius 1 is 0.968 bits per heavy atom. The number of hydrogen-bond donors (Lipinski definition) is 1. The Bertz CT molecular complexity index is 1040. The zero-order valence-electron chi connectivity index (χ0n) is 18.7. The summed E-state index contributed by atoms with van der Waals surface area (Å²) < 4.78 is 0. The smallest absolute Gasteiger partial charge is 0.294 e. The van der Waals surface area contributed by atoms with Crippen molar-refractivity contribution in [3.63, 3.8) is 0 Å². The molecule has 1 N–H and O–H groups in total. The van der Waals surface area contributed by atoms with E-state index in [0.29, 0.717) is 5.69 Å². The van der Waals surface area contributed by atoms with E-state index in [0.717, 1.165) is 29.9 Å². The number of anilines is 2. The van der Waals surface area contributed by atoms with Gasteiger partial charge in [0.05, 0.1) is 11.6 Å². The number of amides is 1. The molecule has 31 heavy (non-hydrogen) atoms.